The SMILES string of the molecule is CCCC(CCO)CN=C(NCC)NCC(C)Oc1cccc(F)c1. The van der Waals surface area contributed by atoms with Gasteiger partial charge in [-0.25, -0.2) is 4.39 Å². The molecule has 25 heavy (non-hydrogen) atoms. The van der Waals surface area contributed by atoms with Crippen LogP contribution in [0.5, 0.6) is 5.75 Å². The van der Waals surface area contributed by atoms with Gasteiger partial charge in [-0.1, -0.05) is 19.4 Å². The molecular formula is C19H32FN3O2. The lowest BCUT2D eigenvalue weighted by atomic mass is 10.0. The molecule has 0 spiro atoms. The fourth-order valence-corrected chi connectivity index (χ4v) is 2.53. The summed E-state index contributed by atoms with van der Waals surface area (Å²) >= 11 is 0. The molecule has 6 heteroatoms. The summed E-state index contributed by atoms with van der Waals surface area (Å²) in [4.78, 5) is 4.61. The average molecular weight is 353 g/mol. The molecular weight excluding hydrogens is 321 g/mol. The van der Waals surface area contributed by atoms with Crippen molar-refractivity contribution in [3.8, 4) is 5.75 Å². The van der Waals surface area contributed by atoms with E-state index in [1.165, 1.54) is 12.1 Å². The predicted molar refractivity (Wildman–Crippen MR) is 101 cm³/mol. The van der Waals surface area contributed by atoms with Crippen LogP contribution in [0.25, 0.3) is 0 Å². The number of nitrogens with one attached hydrogen (secondary N) is 2. The summed E-state index contributed by atoms with van der Waals surface area (Å²) in [6.07, 6.45) is 2.79. The molecule has 0 fully saturated rings. The van der Waals surface area contributed by atoms with E-state index in [9.17, 15) is 4.39 Å². The fraction of sp³-hybridized carbons (Fsp3) is 0.632. The van der Waals surface area contributed by atoms with E-state index in [4.69, 9.17) is 9.84 Å². The lowest BCUT2D eigenvalue weighted by Gasteiger charge is -2.18. The first kappa shape index (κ1) is 21.2. The van der Waals surface area contributed by atoms with Gasteiger partial charge >= 0.3 is 0 Å². The molecule has 1 rings (SSSR count). The largest absolute Gasteiger partial charge is 0.489 e. The van der Waals surface area contributed by atoms with Crippen molar-refractivity contribution in [2.75, 3.05) is 26.2 Å². The Labute approximate surface area is 150 Å². The normalized spacial score (nSPS) is 14.0. The maximum absolute atomic E-state index is 13.2. The number of halogens is 1. The molecule has 0 aliphatic heterocycles. The fourth-order valence-electron chi connectivity index (χ4n) is 2.53. The molecule has 1 aromatic rings. The van der Waals surface area contributed by atoms with Crippen LogP contribution < -0.4 is 15.4 Å². The highest BCUT2D eigenvalue weighted by Crippen LogP contribution is 2.13. The van der Waals surface area contributed by atoms with Gasteiger partial charge in [-0.2, -0.15) is 0 Å². The van der Waals surface area contributed by atoms with Crippen molar-refractivity contribution < 1.29 is 14.2 Å². The van der Waals surface area contributed by atoms with E-state index < -0.39 is 0 Å². The summed E-state index contributed by atoms with van der Waals surface area (Å²) in [6, 6.07) is 6.14. The van der Waals surface area contributed by atoms with Crippen LogP contribution in [-0.2, 0) is 0 Å². The molecule has 2 unspecified atom stereocenters. The van der Waals surface area contributed by atoms with Gasteiger partial charge in [0, 0.05) is 25.8 Å². The molecule has 2 atom stereocenters. The van der Waals surface area contributed by atoms with Gasteiger partial charge in [0.05, 0.1) is 6.54 Å². The van der Waals surface area contributed by atoms with Gasteiger partial charge in [0.2, 0.25) is 0 Å². The van der Waals surface area contributed by atoms with Crippen LogP contribution in [0.3, 0.4) is 0 Å². The molecule has 1 aromatic carbocycles. The van der Waals surface area contributed by atoms with Crippen LogP contribution >= 0.6 is 0 Å². The zero-order valence-corrected chi connectivity index (χ0v) is 15.6. The number of aliphatic hydroxyl groups excluding tert-OH is 1. The first-order valence-corrected chi connectivity index (χ1v) is 9.14. The van der Waals surface area contributed by atoms with Gasteiger partial charge in [0.15, 0.2) is 5.96 Å². The van der Waals surface area contributed by atoms with Gasteiger partial charge < -0.3 is 20.5 Å². The zero-order chi connectivity index (χ0) is 18.5. The van der Waals surface area contributed by atoms with Crippen molar-refractivity contribution >= 4 is 5.96 Å². The Kier molecular flexibility index (Phi) is 10.6. The Morgan fingerprint density at radius 2 is 2.08 bits per heavy atom. The second-order valence-corrected chi connectivity index (χ2v) is 6.15. The molecule has 0 radical (unpaired) electrons. The Morgan fingerprint density at radius 1 is 1.28 bits per heavy atom. The topological polar surface area (TPSA) is 65.9 Å². The van der Waals surface area contributed by atoms with Crippen LogP contribution in [0.15, 0.2) is 29.3 Å². The molecule has 0 aromatic heterocycles. The van der Waals surface area contributed by atoms with Crippen molar-refractivity contribution in [1.82, 2.24) is 10.6 Å². The number of aliphatic hydroxyl groups is 1. The Morgan fingerprint density at radius 3 is 2.72 bits per heavy atom. The maximum atomic E-state index is 13.2. The summed E-state index contributed by atoms with van der Waals surface area (Å²) in [7, 11) is 0. The molecule has 5 nitrogen and oxygen atoms in total. The smallest absolute Gasteiger partial charge is 0.191 e. The van der Waals surface area contributed by atoms with E-state index in [1.54, 1.807) is 12.1 Å². The lowest BCUT2D eigenvalue weighted by molar-refractivity contribution is 0.223. The van der Waals surface area contributed by atoms with E-state index in [2.05, 4.69) is 22.5 Å². The highest BCUT2D eigenvalue weighted by molar-refractivity contribution is 5.79. The van der Waals surface area contributed by atoms with Gasteiger partial charge in [-0.05, 0) is 44.7 Å². The second kappa shape index (κ2) is 12.5. The number of rotatable bonds is 11. The summed E-state index contributed by atoms with van der Waals surface area (Å²) < 4.78 is 18.9. The summed E-state index contributed by atoms with van der Waals surface area (Å²) in [5, 5.41) is 15.6. The minimum absolute atomic E-state index is 0.130. The van der Waals surface area contributed by atoms with Crippen molar-refractivity contribution in [2.45, 2.75) is 46.1 Å². The number of hydrogen-bond donors (Lipinski definition) is 3. The van der Waals surface area contributed by atoms with E-state index >= 15 is 0 Å². The predicted octanol–water partition coefficient (Wildman–Crippen LogP) is 2.95. The van der Waals surface area contributed by atoms with Crippen LogP contribution in [-0.4, -0.2) is 43.4 Å². The molecule has 142 valence electrons. The number of hydrogen-bond acceptors (Lipinski definition) is 3. The van der Waals surface area contributed by atoms with Crippen LogP contribution in [0.2, 0.25) is 0 Å². The van der Waals surface area contributed by atoms with E-state index in [1.807, 2.05) is 13.8 Å². The zero-order valence-electron chi connectivity index (χ0n) is 15.6. The molecule has 0 saturated heterocycles. The highest BCUT2D eigenvalue weighted by atomic mass is 19.1. The molecule has 0 saturated carbocycles. The average Bonchev–Trinajstić information content (AvgIpc) is 2.57. The Hall–Kier alpha value is -1.82. The first-order valence-electron chi connectivity index (χ1n) is 9.14. The third-order valence-electron chi connectivity index (χ3n) is 3.78. The molecule has 0 aliphatic carbocycles. The monoisotopic (exact) mass is 353 g/mol. The molecule has 0 amide bonds. The quantitative estimate of drug-likeness (QED) is 0.423. The summed E-state index contributed by atoms with van der Waals surface area (Å²) in [5.41, 5.74) is 0. The maximum Gasteiger partial charge on any atom is 0.191 e. The second-order valence-electron chi connectivity index (χ2n) is 6.15. The minimum Gasteiger partial charge on any atom is -0.489 e. The standard InChI is InChI=1S/C19H32FN3O2/c1-4-7-16(10-11-24)14-23-19(21-5-2)22-13-15(3)25-18-9-6-8-17(20)12-18/h6,8-9,12,15-16,24H,4-5,7,10-11,13-14H2,1-3H3,(H2,21,22,23). The van der Waals surface area contributed by atoms with Crippen LogP contribution in [0.1, 0.15) is 40.0 Å². The summed E-state index contributed by atoms with van der Waals surface area (Å²) in [6.45, 7) is 8.28. The molecule has 0 aliphatic rings. The van der Waals surface area contributed by atoms with Gasteiger partial charge in [0.1, 0.15) is 17.7 Å². The number of aliphatic imine (C=N–C) groups is 1. The molecule has 3 N–H and O–H groups in total. The summed E-state index contributed by atoms with van der Waals surface area (Å²) in [5.74, 6) is 1.34. The van der Waals surface area contributed by atoms with Gasteiger partial charge in [0.25, 0.3) is 0 Å². The van der Waals surface area contributed by atoms with Crippen LogP contribution in [0, 0.1) is 11.7 Å². The van der Waals surface area contributed by atoms with E-state index in [0.29, 0.717) is 24.8 Å². The minimum atomic E-state index is -0.307. The van der Waals surface area contributed by atoms with Crippen molar-refractivity contribution in [1.29, 1.82) is 0 Å². The third kappa shape index (κ3) is 9.29. The third-order valence-corrected chi connectivity index (χ3v) is 3.78. The first-order chi connectivity index (χ1) is 12.1. The number of nitrogens with zero attached hydrogens (tertiary/aromatic N) is 1. The number of ether oxygens (including phenoxy) is 1. The van der Waals surface area contributed by atoms with Crippen molar-refractivity contribution in [3.05, 3.63) is 30.1 Å². The van der Waals surface area contributed by atoms with Crippen molar-refractivity contribution in [2.24, 2.45) is 10.9 Å². The number of benzene rings is 1. The van der Waals surface area contributed by atoms with Crippen LogP contribution in [0.4, 0.5) is 4.39 Å². The Balaban J connectivity index is 2.51. The number of guanidine groups is 1. The highest BCUT2D eigenvalue weighted by Gasteiger charge is 2.09. The lowest BCUT2D eigenvalue weighted by Crippen LogP contribution is -2.42. The van der Waals surface area contributed by atoms with Gasteiger partial charge in [-0.3, -0.25) is 4.99 Å². The van der Waals surface area contributed by atoms with E-state index in [-0.39, 0.29) is 18.5 Å². The van der Waals surface area contributed by atoms with E-state index in [0.717, 1.165) is 31.8 Å². The molecule has 0 heterocycles. The van der Waals surface area contributed by atoms with Gasteiger partial charge in [-0.15, -0.1) is 0 Å². The Bertz CT molecular complexity index is 505. The molecule has 0 bridgehead atoms. The van der Waals surface area contributed by atoms with Crippen molar-refractivity contribution in [3.63, 3.8) is 0 Å².